The molecule has 0 aliphatic carbocycles. The van der Waals surface area contributed by atoms with Crippen molar-refractivity contribution in [3.05, 3.63) is 40.9 Å². The fourth-order valence-corrected chi connectivity index (χ4v) is 1.80. The normalized spacial score (nSPS) is 11.8. The maximum Gasteiger partial charge on any atom is 0.331 e. The third-order valence-corrected chi connectivity index (χ3v) is 3.20. The molecule has 1 rings (SSSR count). The van der Waals surface area contributed by atoms with Gasteiger partial charge in [0.15, 0.2) is 6.61 Å². The molecule has 2 amide bonds. The summed E-state index contributed by atoms with van der Waals surface area (Å²) in [7, 11) is 0. The first kappa shape index (κ1) is 19.7. The van der Waals surface area contributed by atoms with Crippen molar-refractivity contribution in [2.45, 2.75) is 26.3 Å². The standard InChI is InChI=1S/C17H21ClN2O4/c1-3-10-19-17(23)12(2)20-15(21)11-24-16(22)9-6-13-4-7-14(18)8-5-13/h4-9,12H,3,10-11H2,1-2H3,(H,19,23)(H,20,21)/b9-6+/t12-/m1/s1. The van der Waals surface area contributed by atoms with Gasteiger partial charge in [-0.3, -0.25) is 9.59 Å². The smallest absolute Gasteiger partial charge is 0.331 e. The average molecular weight is 353 g/mol. The summed E-state index contributed by atoms with van der Waals surface area (Å²) in [6.07, 6.45) is 3.58. The fraction of sp³-hybridized carbons (Fsp3) is 0.353. The lowest BCUT2D eigenvalue weighted by atomic mass is 10.2. The summed E-state index contributed by atoms with van der Waals surface area (Å²) in [5.74, 6) is -1.47. The molecular weight excluding hydrogens is 332 g/mol. The second-order valence-electron chi connectivity index (χ2n) is 5.07. The van der Waals surface area contributed by atoms with Crippen molar-refractivity contribution in [3.63, 3.8) is 0 Å². The number of esters is 1. The van der Waals surface area contributed by atoms with Crippen LogP contribution in [0.15, 0.2) is 30.3 Å². The predicted octanol–water partition coefficient (Wildman–Crippen LogP) is 1.93. The Morgan fingerprint density at radius 2 is 1.92 bits per heavy atom. The number of rotatable bonds is 8. The van der Waals surface area contributed by atoms with Crippen LogP contribution in [0.1, 0.15) is 25.8 Å². The van der Waals surface area contributed by atoms with Crippen LogP contribution in [0.25, 0.3) is 6.08 Å². The quantitative estimate of drug-likeness (QED) is 0.553. The molecule has 7 heteroatoms. The molecule has 0 saturated heterocycles. The Morgan fingerprint density at radius 1 is 1.25 bits per heavy atom. The van der Waals surface area contributed by atoms with E-state index in [0.29, 0.717) is 11.6 Å². The van der Waals surface area contributed by atoms with Crippen LogP contribution in [0.2, 0.25) is 5.02 Å². The van der Waals surface area contributed by atoms with Gasteiger partial charge in [-0.1, -0.05) is 30.7 Å². The minimum absolute atomic E-state index is 0.279. The van der Waals surface area contributed by atoms with E-state index < -0.39 is 24.5 Å². The van der Waals surface area contributed by atoms with E-state index in [1.165, 1.54) is 6.08 Å². The topological polar surface area (TPSA) is 84.5 Å². The molecule has 0 aliphatic rings. The molecule has 0 radical (unpaired) electrons. The molecule has 2 N–H and O–H groups in total. The summed E-state index contributed by atoms with van der Waals surface area (Å²) in [5.41, 5.74) is 0.780. The Bertz CT molecular complexity index is 599. The van der Waals surface area contributed by atoms with Gasteiger partial charge in [-0.05, 0) is 37.1 Å². The molecule has 0 unspecified atom stereocenters. The van der Waals surface area contributed by atoms with Gasteiger partial charge < -0.3 is 15.4 Å². The van der Waals surface area contributed by atoms with E-state index in [1.807, 2.05) is 6.92 Å². The summed E-state index contributed by atoms with van der Waals surface area (Å²) in [4.78, 5) is 34.8. The molecule has 0 bridgehead atoms. The molecule has 130 valence electrons. The first-order valence-electron chi connectivity index (χ1n) is 7.60. The molecule has 1 aromatic carbocycles. The molecule has 0 heterocycles. The van der Waals surface area contributed by atoms with Gasteiger partial charge >= 0.3 is 5.97 Å². The average Bonchev–Trinajstić information content (AvgIpc) is 2.57. The molecule has 1 aromatic rings. The van der Waals surface area contributed by atoms with E-state index in [-0.39, 0.29) is 5.91 Å². The Hall–Kier alpha value is -2.34. The van der Waals surface area contributed by atoms with E-state index in [9.17, 15) is 14.4 Å². The molecule has 0 spiro atoms. The van der Waals surface area contributed by atoms with Crippen LogP contribution in [0, 0.1) is 0 Å². The minimum Gasteiger partial charge on any atom is -0.452 e. The second kappa shape index (κ2) is 10.4. The van der Waals surface area contributed by atoms with Crippen LogP contribution in [0.4, 0.5) is 0 Å². The third-order valence-electron chi connectivity index (χ3n) is 2.95. The van der Waals surface area contributed by atoms with Crippen LogP contribution in [0.3, 0.4) is 0 Å². The van der Waals surface area contributed by atoms with E-state index in [1.54, 1.807) is 37.3 Å². The lowest BCUT2D eigenvalue weighted by Crippen LogP contribution is -2.46. The third kappa shape index (κ3) is 7.78. The van der Waals surface area contributed by atoms with Gasteiger partial charge in [0.2, 0.25) is 5.91 Å². The highest BCUT2D eigenvalue weighted by atomic mass is 35.5. The van der Waals surface area contributed by atoms with Crippen LogP contribution in [0.5, 0.6) is 0 Å². The van der Waals surface area contributed by atoms with Crippen molar-refractivity contribution in [3.8, 4) is 0 Å². The minimum atomic E-state index is -0.688. The summed E-state index contributed by atoms with van der Waals surface area (Å²) in [5, 5.41) is 5.72. The molecule has 6 nitrogen and oxygen atoms in total. The number of hydrogen-bond donors (Lipinski definition) is 2. The molecule has 1 atom stereocenters. The number of amides is 2. The number of benzene rings is 1. The van der Waals surface area contributed by atoms with Crippen molar-refractivity contribution in [1.29, 1.82) is 0 Å². The van der Waals surface area contributed by atoms with Gasteiger partial charge in [0, 0.05) is 17.6 Å². The zero-order valence-corrected chi connectivity index (χ0v) is 14.4. The van der Waals surface area contributed by atoms with Gasteiger partial charge in [-0.15, -0.1) is 0 Å². The highest BCUT2D eigenvalue weighted by Crippen LogP contribution is 2.10. The Balaban J connectivity index is 2.34. The van der Waals surface area contributed by atoms with E-state index in [2.05, 4.69) is 10.6 Å². The predicted molar refractivity (Wildman–Crippen MR) is 92.4 cm³/mol. The van der Waals surface area contributed by atoms with Crippen molar-refractivity contribution < 1.29 is 19.1 Å². The zero-order valence-electron chi connectivity index (χ0n) is 13.7. The molecule has 24 heavy (non-hydrogen) atoms. The van der Waals surface area contributed by atoms with Crippen LogP contribution < -0.4 is 10.6 Å². The largest absolute Gasteiger partial charge is 0.452 e. The molecule has 0 aliphatic heterocycles. The molecule has 0 fully saturated rings. The van der Waals surface area contributed by atoms with E-state index in [4.69, 9.17) is 16.3 Å². The second-order valence-corrected chi connectivity index (χ2v) is 5.51. The lowest BCUT2D eigenvalue weighted by molar-refractivity contribution is -0.144. The number of carbonyl (C=O) groups excluding carboxylic acids is 3. The van der Waals surface area contributed by atoms with Crippen LogP contribution >= 0.6 is 11.6 Å². The maximum atomic E-state index is 11.6. The van der Waals surface area contributed by atoms with Crippen LogP contribution in [-0.2, 0) is 19.1 Å². The number of hydrogen-bond acceptors (Lipinski definition) is 4. The Kier molecular flexibility index (Phi) is 8.57. The van der Waals surface area contributed by atoms with E-state index in [0.717, 1.165) is 12.0 Å². The highest BCUT2D eigenvalue weighted by molar-refractivity contribution is 6.30. The van der Waals surface area contributed by atoms with Gasteiger partial charge in [0.1, 0.15) is 6.04 Å². The fourth-order valence-electron chi connectivity index (χ4n) is 1.67. The van der Waals surface area contributed by atoms with Gasteiger partial charge in [-0.25, -0.2) is 4.79 Å². The SMILES string of the molecule is CCCNC(=O)[C@@H](C)NC(=O)COC(=O)/C=C/c1ccc(Cl)cc1. The van der Waals surface area contributed by atoms with Crippen molar-refractivity contribution >= 4 is 35.5 Å². The van der Waals surface area contributed by atoms with Gasteiger partial charge in [0.05, 0.1) is 0 Å². The maximum absolute atomic E-state index is 11.6. The van der Waals surface area contributed by atoms with Crippen LogP contribution in [-0.4, -0.2) is 37.0 Å². The van der Waals surface area contributed by atoms with Gasteiger partial charge in [-0.2, -0.15) is 0 Å². The first-order valence-corrected chi connectivity index (χ1v) is 7.97. The number of halogens is 1. The summed E-state index contributed by atoms with van der Waals surface area (Å²) in [6.45, 7) is 3.59. The lowest BCUT2D eigenvalue weighted by Gasteiger charge is -2.13. The number of nitrogens with one attached hydrogen (secondary N) is 2. The number of carbonyl (C=O) groups is 3. The first-order chi connectivity index (χ1) is 11.4. The van der Waals surface area contributed by atoms with Crippen molar-refractivity contribution in [1.82, 2.24) is 10.6 Å². The summed E-state index contributed by atoms with van der Waals surface area (Å²) in [6, 6.07) is 6.20. The van der Waals surface area contributed by atoms with Gasteiger partial charge in [0.25, 0.3) is 5.91 Å². The molecular formula is C17H21ClN2O4. The summed E-state index contributed by atoms with van der Waals surface area (Å²) >= 11 is 5.76. The molecule has 0 aromatic heterocycles. The number of ether oxygens (including phenoxy) is 1. The summed E-state index contributed by atoms with van der Waals surface area (Å²) < 4.78 is 4.82. The van der Waals surface area contributed by atoms with Crippen molar-refractivity contribution in [2.75, 3.05) is 13.2 Å². The highest BCUT2D eigenvalue weighted by Gasteiger charge is 2.15. The van der Waals surface area contributed by atoms with E-state index >= 15 is 0 Å². The van der Waals surface area contributed by atoms with Crippen molar-refractivity contribution in [2.24, 2.45) is 0 Å². The Labute approximate surface area is 146 Å². The Morgan fingerprint density at radius 3 is 2.54 bits per heavy atom. The zero-order chi connectivity index (χ0) is 17.9. The molecule has 0 saturated carbocycles. The monoisotopic (exact) mass is 352 g/mol.